The monoisotopic (exact) mass is 335 g/mol. The highest BCUT2D eigenvalue weighted by atomic mass is 15.2. The lowest BCUT2D eigenvalue weighted by atomic mass is 10.1. The Morgan fingerprint density at radius 3 is 2.36 bits per heavy atom. The number of nitrogen functional groups attached to an aromatic ring is 1. The lowest BCUT2D eigenvalue weighted by Gasteiger charge is -2.24. The first-order chi connectivity index (χ1) is 12.2. The number of rotatable bonds is 8. The van der Waals surface area contributed by atoms with Crippen LogP contribution in [0.1, 0.15) is 31.4 Å². The summed E-state index contributed by atoms with van der Waals surface area (Å²) in [6.07, 6.45) is 2.10. The third-order valence-electron chi connectivity index (χ3n) is 3.80. The van der Waals surface area contributed by atoms with E-state index in [4.69, 9.17) is 16.3 Å². The second kappa shape index (κ2) is 9.09. The average molecular weight is 335 g/mol. The maximum Gasteiger partial charge on any atom is 0.157 e. The van der Waals surface area contributed by atoms with E-state index in [0.29, 0.717) is 43.3 Å². The highest BCUT2D eigenvalue weighted by Gasteiger charge is 2.16. The lowest BCUT2D eigenvalue weighted by molar-refractivity contribution is 0.780. The van der Waals surface area contributed by atoms with Crippen LogP contribution in [0.5, 0.6) is 0 Å². The minimum atomic E-state index is 0.0258. The predicted octanol–water partition coefficient (Wildman–Crippen LogP) is 2.87. The van der Waals surface area contributed by atoms with E-state index in [1.165, 1.54) is 6.33 Å². The van der Waals surface area contributed by atoms with Gasteiger partial charge in [0.05, 0.1) is 31.0 Å². The normalized spacial score (nSPS) is 11.2. The highest BCUT2D eigenvalue weighted by Crippen LogP contribution is 2.29. The predicted molar refractivity (Wildman–Crippen MR) is 97.6 cm³/mol. The number of benzene rings is 1. The Bertz CT molecular complexity index is 743. The third-order valence-corrected chi connectivity index (χ3v) is 3.80. The Hall–Kier alpha value is -3.32. The number of nitrogens with one attached hydrogen (secondary N) is 1. The van der Waals surface area contributed by atoms with Gasteiger partial charge in [0.2, 0.25) is 0 Å². The van der Waals surface area contributed by atoms with Crippen molar-refractivity contribution in [2.75, 3.05) is 29.0 Å². The van der Waals surface area contributed by atoms with Crippen molar-refractivity contribution in [3.63, 3.8) is 0 Å². The smallest absolute Gasteiger partial charge is 0.157 e. The van der Waals surface area contributed by atoms with E-state index < -0.39 is 0 Å². The zero-order valence-electron chi connectivity index (χ0n) is 14.2. The second-order valence-corrected chi connectivity index (χ2v) is 5.54. The summed E-state index contributed by atoms with van der Waals surface area (Å²) in [4.78, 5) is 10.3. The molecule has 1 unspecified atom stereocenters. The molecule has 0 aliphatic rings. The van der Waals surface area contributed by atoms with Gasteiger partial charge in [0.25, 0.3) is 0 Å². The molecular weight excluding hydrogens is 314 g/mol. The fourth-order valence-electron chi connectivity index (χ4n) is 2.48. The SMILES string of the molecule is CC(Nc1ncnc(N(CCC#N)CCC#N)c1N)c1ccccc1. The van der Waals surface area contributed by atoms with Crippen LogP contribution in [0.15, 0.2) is 36.7 Å². The molecule has 3 N–H and O–H groups in total. The molecule has 0 saturated heterocycles. The fourth-order valence-corrected chi connectivity index (χ4v) is 2.48. The molecule has 0 radical (unpaired) electrons. The second-order valence-electron chi connectivity index (χ2n) is 5.54. The van der Waals surface area contributed by atoms with Crippen LogP contribution >= 0.6 is 0 Å². The molecular formula is C18H21N7. The van der Waals surface area contributed by atoms with Crippen LogP contribution in [0.25, 0.3) is 0 Å². The van der Waals surface area contributed by atoms with Crippen LogP contribution in [0.2, 0.25) is 0 Å². The van der Waals surface area contributed by atoms with Gasteiger partial charge in [0.15, 0.2) is 11.6 Å². The number of nitrogens with zero attached hydrogens (tertiary/aromatic N) is 5. The maximum absolute atomic E-state index is 8.84. The molecule has 1 heterocycles. The van der Waals surface area contributed by atoms with Crippen molar-refractivity contribution in [2.24, 2.45) is 0 Å². The van der Waals surface area contributed by atoms with E-state index >= 15 is 0 Å². The molecule has 0 aliphatic carbocycles. The van der Waals surface area contributed by atoms with Gasteiger partial charge in [-0.05, 0) is 12.5 Å². The van der Waals surface area contributed by atoms with Crippen LogP contribution in [0.4, 0.5) is 17.3 Å². The van der Waals surface area contributed by atoms with Crippen molar-refractivity contribution >= 4 is 17.3 Å². The van der Waals surface area contributed by atoms with Gasteiger partial charge >= 0.3 is 0 Å². The van der Waals surface area contributed by atoms with Crippen LogP contribution in [-0.4, -0.2) is 23.1 Å². The first-order valence-electron chi connectivity index (χ1n) is 8.08. The Labute approximate surface area is 147 Å². The van der Waals surface area contributed by atoms with Gasteiger partial charge in [-0.2, -0.15) is 10.5 Å². The van der Waals surface area contributed by atoms with Crippen molar-refractivity contribution in [1.29, 1.82) is 10.5 Å². The summed E-state index contributed by atoms with van der Waals surface area (Å²) in [7, 11) is 0. The number of hydrogen-bond donors (Lipinski definition) is 2. The summed E-state index contributed by atoms with van der Waals surface area (Å²) < 4.78 is 0. The average Bonchev–Trinajstić information content (AvgIpc) is 2.65. The van der Waals surface area contributed by atoms with Crippen molar-refractivity contribution in [3.8, 4) is 12.1 Å². The molecule has 0 bridgehead atoms. The van der Waals surface area contributed by atoms with Crippen LogP contribution in [0.3, 0.4) is 0 Å². The van der Waals surface area contributed by atoms with Crippen molar-refractivity contribution in [3.05, 3.63) is 42.2 Å². The number of anilines is 3. The molecule has 2 aromatic rings. The summed E-state index contributed by atoms with van der Waals surface area (Å²) in [5.41, 5.74) is 7.80. The topological polar surface area (TPSA) is 115 Å². The lowest BCUT2D eigenvalue weighted by Crippen LogP contribution is -2.28. The number of nitriles is 2. The van der Waals surface area contributed by atoms with E-state index in [0.717, 1.165) is 5.56 Å². The Kier molecular flexibility index (Phi) is 6.56. The van der Waals surface area contributed by atoms with Gasteiger partial charge in [-0.3, -0.25) is 0 Å². The van der Waals surface area contributed by atoms with Crippen LogP contribution in [-0.2, 0) is 0 Å². The summed E-state index contributed by atoms with van der Waals surface area (Å²) in [6.45, 7) is 2.96. The van der Waals surface area contributed by atoms with Crippen LogP contribution < -0.4 is 16.0 Å². The summed E-state index contributed by atoms with van der Waals surface area (Å²) in [6, 6.07) is 14.2. The van der Waals surface area contributed by atoms with E-state index in [-0.39, 0.29) is 6.04 Å². The van der Waals surface area contributed by atoms with Crippen molar-refractivity contribution < 1.29 is 0 Å². The Morgan fingerprint density at radius 2 is 1.76 bits per heavy atom. The largest absolute Gasteiger partial charge is 0.393 e. The molecule has 25 heavy (non-hydrogen) atoms. The van der Waals surface area contributed by atoms with Gasteiger partial charge in [-0.1, -0.05) is 30.3 Å². The maximum atomic E-state index is 8.84. The molecule has 0 saturated carbocycles. The zero-order chi connectivity index (χ0) is 18.1. The summed E-state index contributed by atoms with van der Waals surface area (Å²) >= 11 is 0. The zero-order valence-corrected chi connectivity index (χ0v) is 14.2. The van der Waals surface area contributed by atoms with Gasteiger partial charge in [-0.25, -0.2) is 9.97 Å². The van der Waals surface area contributed by atoms with Crippen molar-refractivity contribution in [2.45, 2.75) is 25.8 Å². The minimum absolute atomic E-state index is 0.0258. The number of aromatic nitrogens is 2. The molecule has 0 amide bonds. The molecule has 0 aliphatic heterocycles. The van der Waals surface area contributed by atoms with Crippen molar-refractivity contribution in [1.82, 2.24) is 9.97 Å². The Morgan fingerprint density at radius 1 is 1.12 bits per heavy atom. The molecule has 1 aromatic heterocycles. The molecule has 1 aromatic carbocycles. The molecule has 128 valence electrons. The minimum Gasteiger partial charge on any atom is -0.393 e. The van der Waals surface area contributed by atoms with Gasteiger partial charge in [0.1, 0.15) is 12.0 Å². The van der Waals surface area contributed by atoms with E-state index in [2.05, 4.69) is 27.4 Å². The first kappa shape index (κ1) is 18.0. The standard InChI is InChI=1S/C18H21N7/c1-14(15-7-3-2-4-8-15)24-17-16(21)18(23-13-22-17)25(11-5-9-19)12-6-10-20/h2-4,7-8,13-14H,5-6,11-12,21H2,1H3,(H,22,23,24). The molecule has 2 rings (SSSR count). The molecule has 7 nitrogen and oxygen atoms in total. The van der Waals surface area contributed by atoms with Gasteiger partial charge in [0, 0.05) is 13.1 Å². The molecule has 1 atom stereocenters. The third kappa shape index (κ3) is 4.82. The first-order valence-corrected chi connectivity index (χ1v) is 8.08. The van der Waals surface area contributed by atoms with E-state index in [9.17, 15) is 0 Å². The van der Waals surface area contributed by atoms with E-state index in [1.54, 1.807) is 0 Å². The summed E-state index contributed by atoms with van der Waals surface area (Å²) in [5, 5.41) is 21.0. The number of hydrogen-bond acceptors (Lipinski definition) is 7. The molecule has 7 heteroatoms. The summed E-state index contributed by atoms with van der Waals surface area (Å²) in [5.74, 6) is 1.09. The quantitative estimate of drug-likeness (QED) is 0.762. The molecule has 0 spiro atoms. The van der Waals surface area contributed by atoms with Crippen LogP contribution in [0, 0.1) is 22.7 Å². The highest BCUT2D eigenvalue weighted by molar-refractivity contribution is 5.75. The van der Waals surface area contributed by atoms with Gasteiger partial charge < -0.3 is 16.0 Å². The van der Waals surface area contributed by atoms with Gasteiger partial charge in [-0.15, -0.1) is 0 Å². The Balaban J connectivity index is 2.22. The fraction of sp³-hybridized carbons (Fsp3) is 0.333. The number of nitrogens with two attached hydrogens (primary N) is 1. The van der Waals surface area contributed by atoms with E-state index in [1.807, 2.05) is 42.2 Å². The molecule has 0 fully saturated rings.